The first-order valence-electron chi connectivity index (χ1n) is 8.19. The van der Waals surface area contributed by atoms with Crippen LogP contribution in [0.3, 0.4) is 0 Å². The summed E-state index contributed by atoms with van der Waals surface area (Å²) in [5, 5.41) is 5.07. The first-order valence-corrected chi connectivity index (χ1v) is 8.19. The second-order valence-electron chi connectivity index (χ2n) is 6.06. The van der Waals surface area contributed by atoms with Gasteiger partial charge in [-0.25, -0.2) is 9.18 Å². The van der Waals surface area contributed by atoms with Crippen molar-refractivity contribution in [2.75, 3.05) is 16.8 Å². The lowest BCUT2D eigenvalue weighted by Crippen LogP contribution is -2.39. The van der Waals surface area contributed by atoms with Crippen molar-refractivity contribution in [1.29, 1.82) is 0 Å². The minimum Gasteiger partial charge on any atom is -0.406 e. The number of nitrogens with zero attached hydrogens (tertiary/aromatic N) is 1. The minimum atomic E-state index is -4.80. The summed E-state index contributed by atoms with van der Waals surface area (Å²) in [4.78, 5) is 25.5. The number of amides is 3. The van der Waals surface area contributed by atoms with Gasteiger partial charge in [0, 0.05) is 24.3 Å². The van der Waals surface area contributed by atoms with Gasteiger partial charge in [-0.05, 0) is 42.5 Å². The zero-order valence-corrected chi connectivity index (χ0v) is 14.3. The molecule has 2 aromatic carbocycles. The summed E-state index contributed by atoms with van der Waals surface area (Å²) in [5.74, 6) is -1.15. The van der Waals surface area contributed by atoms with Crippen LogP contribution >= 0.6 is 0 Å². The Morgan fingerprint density at radius 2 is 1.86 bits per heavy atom. The maximum absolute atomic E-state index is 13.3. The molecule has 1 aliphatic heterocycles. The van der Waals surface area contributed by atoms with Gasteiger partial charge in [0.2, 0.25) is 5.91 Å². The van der Waals surface area contributed by atoms with Crippen LogP contribution in [0.25, 0.3) is 0 Å². The van der Waals surface area contributed by atoms with Crippen LogP contribution in [0, 0.1) is 5.82 Å². The number of anilines is 2. The Hall–Kier alpha value is -3.30. The van der Waals surface area contributed by atoms with E-state index in [0.29, 0.717) is 5.69 Å². The van der Waals surface area contributed by atoms with Crippen LogP contribution in [0.15, 0.2) is 48.5 Å². The topological polar surface area (TPSA) is 70.7 Å². The molecule has 0 spiro atoms. The van der Waals surface area contributed by atoms with E-state index >= 15 is 0 Å². The molecule has 1 heterocycles. The number of nitrogens with one attached hydrogen (secondary N) is 2. The highest BCUT2D eigenvalue weighted by Gasteiger charge is 2.32. The SMILES string of the molecule is O=C(Nc1ccc(OC(F)(F)F)cc1)N[C@H]1CC(=O)N(c2cccc(F)c2)C1. The summed E-state index contributed by atoms with van der Waals surface area (Å²) in [5.41, 5.74) is 0.647. The average molecular weight is 397 g/mol. The molecule has 1 fully saturated rings. The third-order valence-corrected chi connectivity index (χ3v) is 3.93. The molecule has 0 aliphatic carbocycles. The quantitative estimate of drug-likeness (QED) is 0.774. The lowest BCUT2D eigenvalue weighted by Gasteiger charge is -2.17. The molecule has 1 saturated heterocycles. The van der Waals surface area contributed by atoms with Gasteiger partial charge in [0.1, 0.15) is 11.6 Å². The van der Waals surface area contributed by atoms with Crippen LogP contribution in [-0.2, 0) is 4.79 Å². The van der Waals surface area contributed by atoms with Crippen molar-refractivity contribution in [2.45, 2.75) is 18.8 Å². The van der Waals surface area contributed by atoms with Gasteiger partial charge < -0.3 is 20.3 Å². The molecule has 3 rings (SSSR count). The van der Waals surface area contributed by atoms with Crippen LogP contribution in [0.1, 0.15) is 6.42 Å². The molecule has 148 valence electrons. The second-order valence-corrected chi connectivity index (χ2v) is 6.06. The molecular formula is C18H15F4N3O3. The summed E-state index contributed by atoms with van der Waals surface area (Å²) in [6.07, 6.45) is -4.75. The lowest BCUT2D eigenvalue weighted by molar-refractivity contribution is -0.274. The maximum atomic E-state index is 13.3. The Morgan fingerprint density at radius 3 is 2.50 bits per heavy atom. The van der Waals surface area contributed by atoms with Crippen molar-refractivity contribution in [3.05, 3.63) is 54.3 Å². The van der Waals surface area contributed by atoms with Gasteiger partial charge in [0.25, 0.3) is 0 Å². The number of carbonyl (C=O) groups excluding carboxylic acids is 2. The van der Waals surface area contributed by atoms with Gasteiger partial charge in [-0.2, -0.15) is 0 Å². The molecule has 0 saturated carbocycles. The van der Waals surface area contributed by atoms with Gasteiger partial charge in [-0.15, -0.1) is 13.2 Å². The van der Waals surface area contributed by atoms with Crippen LogP contribution in [0.4, 0.5) is 33.7 Å². The van der Waals surface area contributed by atoms with Crippen molar-refractivity contribution in [2.24, 2.45) is 0 Å². The van der Waals surface area contributed by atoms with E-state index in [0.717, 1.165) is 12.1 Å². The fraction of sp³-hybridized carbons (Fsp3) is 0.222. The molecule has 10 heteroatoms. The van der Waals surface area contributed by atoms with E-state index in [4.69, 9.17) is 0 Å². The van der Waals surface area contributed by atoms with Crippen LogP contribution < -0.4 is 20.3 Å². The summed E-state index contributed by atoms with van der Waals surface area (Å²) in [6.45, 7) is 0.175. The number of hydrogen-bond acceptors (Lipinski definition) is 3. The first kappa shape index (κ1) is 19.5. The number of benzene rings is 2. The van der Waals surface area contributed by atoms with E-state index in [1.54, 1.807) is 6.07 Å². The summed E-state index contributed by atoms with van der Waals surface area (Å²) in [7, 11) is 0. The van der Waals surface area contributed by atoms with Crippen LogP contribution in [0.2, 0.25) is 0 Å². The monoisotopic (exact) mass is 397 g/mol. The smallest absolute Gasteiger partial charge is 0.406 e. The van der Waals surface area contributed by atoms with E-state index in [2.05, 4.69) is 15.4 Å². The number of halogens is 4. The number of ether oxygens (including phenoxy) is 1. The highest BCUT2D eigenvalue weighted by atomic mass is 19.4. The average Bonchev–Trinajstić information content (AvgIpc) is 2.95. The van der Waals surface area contributed by atoms with E-state index in [-0.39, 0.29) is 24.6 Å². The van der Waals surface area contributed by atoms with Gasteiger partial charge in [0.15, 0.2) is 0 Å². The normalized spacial score (nSPS) is 16.8. The zero-order valence-electron chi connectivity index (χ0n) is 14.3. The van der Waals surface area contributed by atoms with E-state index in [1.807, 2.05) is 0 Å². The predicted molar refractivity (Wildman–Crippen MR) is 92.4 cm³/mol. The zero-order chi connectivity index (χ0) is 20.3. The largest absolute Gasteiger partial charge is 0.573 e. The Balaban J connectivity index is 1.54. The Bertz CT molecular complexity index is 871. The fourth-order valence-electron chi connectivity index (χ4n) is 2.79. The summed E-state index contributed by atoms with van der Waals surface area (Å²) >= 11 is 0. The number of rotatable bonds is 4. The highest BCUT2D eigenvalue weighted by Crippen LogP contribution is 2.24. The van der Waals surface area contributed by atoms with Crippen molar-refractivity contribution in [3.8, 4) is 5.75 Å². The molecule has 0 aromatic heterocycles. The molecule has 6 nitrogen and oxygen atoms in total. The molecule has 3 amide bonds. The predicted octanol–water partition coefficient (Wildman–Crippen LogP) is 3.65. The molecule has 28 heavy (non-hydrogen) atoms. The second kappa shape index (κ2) is 7.75. The van der Waals surface area contributed by atoms with Gasteiger partial charge in [-0.3, -0.25) is 4.79 Å². The molecular weight excluding hydrogens is 382 g/mol. The highest BCUT2D eigenvalue weighted by molar-refractivity contribution is 5.97. The lowest BCUT2D eigenvalue weighted by atomic mass is 10.2. The van der Waals surface area contributed by atoms with Crippen molar-refractivity contribution < 1.29 is 31.9 Å². The molecule has 0 unspecified atom stereocenters. The number of carbonyl (C=O) groups is 2. The molecule has 1 aliphatic rings. The molecule has 0 radical (unpaired) electrons. The summed E-state index contributed by atoms with van der Waals surface area (Å²) in [6, 6.07) is 9.07. The number of alkyl halides is 3. The van der Waals surface area contributed by atoms with E-state index in [9.17, 15) is 27.2 Å². The van der Waals surface area contributed by atoms with Crippen LogP contribution in [-0.4, -0.2) is 30.9 Å². The minimum absolute atomic E-state index is 0.0439. The summed E-state index contributed by atoms with van der Waals surface area (Å²) < 4.78 is 53.5. The van der Waals surface area contributed by atoms with Crippen LogP contribution in [0.5, 0.6) is 5.75 Å². The van der Waals surface area contributed by atoms with Gasteiger partial charge >= 0.3 is 12.4 Å². The third kappa shape index (κ3) is 5.12. The number of hydrogen-bond donors (Lipinski definition) is 2. The van der Waals surface area contributed by atoms with Crippen molar-refractivity contribution >= 4 is 23.3 Å². The third-order valence-electron chi connectivity index (χ3n) is 3.93. The van der Waals surface area contributed by atoms with E-state index in [1.165, 1.54) is 35.2 Å². The fourth-order valence-corrected chi connectivity index (χ4v) is 2.79. The van der Waals surface area contributed by atoms with E-state index < -0.39 is 30.0 Å². The van der Waals surface area contributed by atoms with Gasteiger partial charge in [-0.1, -0.05) is 6.07 Å². The molecule has 2 aromatic rings. The molecule has 1 atom stereocenters. The van der Waals surface area contributed by atoms with Crippen molar-refractivity contribution in [1.82, 2.24) is 5.32 Å². The Morgan fingerprint density at radius 1 is 1.14 bits per heavy atom. The van der Waals surface area contributed by atoms with Crippen molar-refractivity contribution in [3.63, 3.8) is 0 Å². The first-order chi connectivity index (χ1) is 13.2. The van der Waals surface area contributed by atoms with Gasteiger partial charge in [0.05, 0.1) is 6.04 Å². The number of urea groups is 1. The molecule has 2 N–H and O–H groups in total. The standard InChI is InChI=1S/C18H15F4N3O3/c19-11-2-1-3-14(8-11)25-10-13(9-16(25)26)24-17(27)23-12-4-6-15(7-5-12)28-18(20,21)22/h1-8,13H,9-10H2,(H2,23,24,27)/t13-/m0/s1. The maximum Gasteiger partial charge on any atom is 0.573 e. The molecule has 0 bridgehead atoms. The Labute approximate surface area is 157 Å². The Kier molecular flexibility index (Phi) is 5.39.